The molecule has 6 heteroatoms. The molecule has 0 radical (unpaired) electrons. The van der Waals surface area contributed by atoms with E-state index in [1.54, 1.807) is 12.1 Å². The zero-order chi connectivity index (χ0) is 14.5. The quantitative estimate of drug-likeness (QED) is 0.655. The maximum absolute atomic E-state index is 11.1. The molecule has 0 fully saturated rings. The first-order chi connectivity index (χ1) is 9.56. The third kappa shape index (κ3) is 3.58. The summed E-state index contributed by atoms with van der Waals surface area (Å²) >= 11 is 1.52. The van der Waals surface area contributed by atoms with Crippen LogP contribution in [0.5, 0.6) is 11.5 Å². The van der Waals surface area contributed by atoms with Gasteiger partial charge < -0.3 is 15.7 Å². The molecular weight excluding hydrogens is 276 g/mol. The molecule has 0 saturated heterocycles. The number of oxime groups is 1. The zero-order valence-electron chi connectivity index (χ0n) is 10.9. The second kappa shape index (κ2) is 6.21. The molecule has 0 aliphatic rings. The van der Waals surface area contributed by atoms with Crippen molar-refractivity contribution in [1.29, 1.82) is 0 Å². The number of rotatable bonds is 5. The molecule has 0 spiro atoms. The van der Waals surface area contributed by atoms with Crippen molar-refractivity contribution in [3.05, 3.63) is 46.2 Å². The second-order valence-corrected chi connectivity index (χ2v) is 4.98. The van der Waals surface area contributed by atoms with Crippen LogP contribution in [0.25, 0.3) is 0 Å². The average molecular weight is 290 g/mol. The Bertz CT molecular complexity index is 649. The second-order valence-electron chi connectivity index (χ2n) is 4.24. The molecule has 104 valence electrons. The number of primary amides is 1. The normalized spacial score (nSPS) is 11.3. The largest absolute Gasteiger partial charge is 0.508 e. The molecule has 2 rings (SSSR count). The van der Waals surface area contributed by atoms with E-state index in [0.29, 0.717) is 11.5 Å². The Balaban J connectivity index is 2.25. The van der Waals surface area contributed by atoms with Gasteiger partial charge in [0.05, 0.1) is 12.1 Å². The molecule has 0 bridgehead atoms. The van der Waals surface area contributed by atoms with Crippen molar-refractivity contribution in [2.75, 3.05) is 0 Å². The number of nitrogens with two attached hydrogens (primary N) is 1. The van der Waals surface area contributed by atoms with Crippen molar-refractivity contribution < 1.29 is 14.7 Å². The standard InChI is InChI=1S/C14H14N2O3S/c1-9-7-20-8-12(9)13(6-14(15)18)16-19-11-4-2-3-10(17)5-11/h2-5,7-8,17H,6H2,1H3,(H2,15,18)/b16-13+. The number of aromatic hydroxyl groups is 1. The van der Waals surface area contributed by atoms with E-state index in [0.717, 1.165) is 11.1 Å². The van der Waals surface area contributed by atoms with Gasteiger partial charge in [-0.15, -0.1) is 0 Å². The highest BCUT2D eigenvalue weighted by Crippen LogP contribution is 2.20. The first-order valence-corrected chi connectivity index (χ1v) is 6.85. The van der Waals surface area contributed by atoms with E-state index < -0.39 is 5.91 Å². The predicted molar refractivity (Wildman–Crippen MR) is 78.1 cm³/mol. The van der Waals surface area contributed by atoms with Crippen LogP contribution in [-0.4, -0.2) is 16.7 Å². The molecule has 5 nitrogen and oxygen atoms in total. The third-order valence-electron chi connectivity index (χ3n) is 2.59. The van der Waals surface area contributed by atoms with Gasteiger partial charge >= 0.3 is 0 Å². The van der Waals surface area contributed by atoms with E-state index in [9.17, 15) is 9.90 Å². The van der Waals surface area contributed by atoms with Crippen LogP contribution in [-0.2, 0) is 4.79 Å². The maximum atomic E-state index is 11.1. The molecule has 0 saturated carbocycles. The highest BCUT2D eigenvalue weighted by molar-refractivity contribution is 7.08. The summed E-state index contributed by atoms with van der Waals surface area (Å²) in [6.07, 6.45) is -0.00358. The fourth-order valence-electron chi connectivity index (χ4n) is 1.65. The number of phenols is 1. The molecule has 0 atom stereocenters. The van der Waals surface area contributed by atoms with E-state index in [1.807, 2.05) is 17.7 Å². The minimum absolute atomic E-state index is 0.00358. The minimum Gasteiger partial charge on any atom is -0.508 e. The number of nitrogens with zero attached hydrogens (tertiary/aromatic N) is 1. The van der Waals surface area contributed by atoms with E-state index >= 15 is 0 Å². The summed E-state index contributed by atoms with van der Waals surface area (Å²) < 4.78 is 0. The average Bonchev–Trinajstić information content (AvgIpc) is 2.80. The monoisotopic (exact) mass is 290 g/mol. The molecule has 3 N–H and O–H groups in total. The molecule has 1 amide bonds. The Morgan fingerprint density at radius 3 is 2.85 bits per heavy atom. The number of hydrogen-bond donors (Lipinski definition) is 2. The SMILES string of the molecule is Cc1cscc1/C(CC(N)=O)=N/Oc1cccc(O)c1. The lowest BCUT2D eigenvalue weighted by molar-refractivity contribution is -0.116. The number of carbonyl (C=O) groups excluding carboxylic acids is 1. The van der Waals surface area contributed by atoms with Crippen LogP contribution < -0.4 is 10.6 Å². The highest BCUT2D eigenvalue weighted by Gasteiger charge is 2.12. The Morgan fingerprint density at radius 2 is 2.25 bits per heavy atom. The van der Waals surface area contributed by atoms with Crippen LogP contribution in [0.2, 0.25) is 0 Å². The van der Waals surface area contributed by atoms with Gasteiger partial charge in [0.15, 0.2) is 5.75 Å². The van der Waals surface area contributed by atoms with Gasteiger partial charge in [0, 0.05) is 17.0 Å². The topological polar surface area (TPSA) is 84.9 Å². The summed E-state index contributed by atoms with van der Waals surface area (Å²) in [5.74, 6) is -0.00502. The Kier molecular flexibility index (Phi) is 4.37. The third-order valence-corrected chi connectivity index (χ3v) is 3.45. The number of aryl methyl sites for hydroxylation is 1. The van der Waals surface area contributed by atoms with Gasteiger partial charge in [-0.1, -0.05) is 11.2 Å². The lowest BCUT2D eigenvalue weighted by Crippen LogP contribution is -2.18. The molecule has 1 heterocycles. The molecule has 2 aromatic rings. The van der Waals surface area contributed by atoms with Crippen molar-refractivity contribution in [3.8, 4) is 11.5 Å². The van der Waals surface area contributed by atoms with E-state index in [4.69, 9.17) is 10.6 Å². The maximum Gasteiger partial charge on any atom is 0.223 e. The minimum atomic E-state index is -0.478. The van der Waals surface area contributed by atoms with Crippen LogP contribution >= 0.6 is 11.3 Å². The van der Waals surface area contributed by atoms with Crippen molar-refractivity contribution in [2.24, 2.45) is 10.9 Å². The zero-order valence-corrected chi connectivity index (χ0v) is 11.7. The molecular formula is C14H14N2O3S. The predicted octanol–water partition coefficient (Wildman–Crippen LogP) is 2.42. The Labute approximate surface area is 120 Å². The first kappa shape index (κ1) is 14.1. The first-order valence-electron chi connectivity index (χ1n) is 5.90. The van der Waals surface area contributed by atoms with Crippen LogP contribution in [0.4, 0.5) is 0 Å². The molecule has 0 aliphatic heterocycles. The van der Waals surface area contributed by atoms with Crippen molar-refractivity contribution >= 4 is 23.0 Å². The number of carbonyl (C=O) groups is 1. The van der Waals surface area contributed by atoms with Gasteiger partial charge in [0.1, 0.15) is 5.75 Å². The van der Waals surface area contributed by atoms with E-state index in [-0.39, 0.29) is 12.2 Å². The van der Waals surface area contributed by atoms with Gasteiger partial charge in [0.25, 0.3) is 0 Å². The summed E-state index contributed by atoms with van der Waals surface area (Å²) in [6, 6.07) is 6.27. The number of hydrogen-bond acceptors (Lipinski definition) is 5. The molecule has 20 heavy (non-hydrogen) atoms. The van der Waals surface area contributed by atoms with Crippen LogP contribution in [0.1, 0.15) is 17.5 Å². The molecule has 1 aromatic heterocycles. The highest BCUT2D eigenvalue weighted by atomic mass is 32.1. The van der Waals surface area contributed by atoms with Gasteiger partial charge in [-0.3, -0.25) is 4.79 Å². The summed E-state index contributed by atoms with van der Waals surface area (Å²) in [5.41, 5.74) is 7.55. The van der Waals surface area contributed by atoms with Gasteiger partial charge in [0.2, 0.25) is 5.91 Å². The van der Waals surface area contributed by atoms with Crippen LogP contribution in [0, 0.1) is 6.92 Å². The fraction of sp³-hybridized carbons (Fsp3) is 0.143. The van der Waals surface area contributed by atoms with Crippen molar-refractivity contribution in [1.82, 2.24) is 0 Å². The van der Waals surface area contributed by atoms with Crippen molar-refractivity contribution in [2.45, 2.75) is 13.3 Å². The summed E-state index contributed by atoms with van der Waals surface area (Å²) in [6.45, 7) is 1.93. The van der Waals surface area contributed by atoms with Crippen LogP contribution in [0.15, 0.2) is 40.2 Å². The smallest absolute Gasteiger partial charge is 0.223 e. The van der Waals surface area contributed by atoms with E-state index in [1.165, 1.54) is 23.5 Å². The fourth-order valence-corrected chi connectivity index (χ4v) is 2.50. The van der Waals surface area contributed by atoms with Gasteiger partial charge in [-0.2, -0.15) is 11.3 Å². The Hall–Kier alpha value is -2.34. The van der Waals surface area contributed by atoms with Crippen LogP contribution in [0.3, 0.4) is 0 Å². The molecule has 0 aliphatic carbocycles. The number of benzene rings is 1. The van der Waals surface area contributed by atoms with Gasteiger partial charge in [-0.05, 0) is 30.0 Å². The number of thiophene rings is 1. The Morgan fingerprint density at radius 1 is 1.45 bits per heavy atom. The lowest BCUT2D eigenvalue weighted by atomic mass is 10.1. The lowest BCUT2D eigenvalue weighted by Gasteiger charge is -2.05. The summed E-state index contributed by atoms with van der Waals surface area (Å²) in [7, 11) is 0. The van der Waals surface area contributed by atoms with Crippen molar-refractivity contribution in [3.63, 3.8) is 0 Å². The van der Waals surface area contributed by atoms with Gasteiger partial charge in [-0.25, -0.2) is 0 Å². The molecule has 1 aromatic carbocycles. The number of phenolic OH excluding ortho intramolecular Hbond substituents is 1. The number of amides is 1. The summed E-state index contributed by atoms with van der Waals surface area (Å²) in [4.78, 5) is 16.4. The van der Waals surface area contributed by atoms with E-state index in [2.05, 4.69) is 5.16 Å². The summed E-state index contributed by atoms with van der Waals surface area (Å²) in [5, 5.41) is 17.2. The molecule has 0 unspecified atom stereocenters.